The van der Waals surface area contributed by atoms with E-state index in [4.69, 9.17) is 4.74 Å². The highest BCUT2D eigenvalue weighted by atomic mass is 32.2. The summed E-state index contributed by atoms with van der Waals surface area (Å²) in [6, 6.07) is 0.211. The van der Waals surface area contributed by atoms with Gasteiger partial charge in [0.15, 0.2) is 0 Å². The van der Waals surface area contributed by atoms with Gasteiger partial charge in [-0.15, -0.1) is 0 Å². The highest BCUT2D eigenvalue weighted by Crippen LogP contribution is 2.10. The maximum Gasteiger partial charge on any atom is 0.323 e. The summed E-state index contributed by atoms with van der Waals surface area (Å²) in [4.78, 5) is 12.1. The third-order valence-electron chi connectivity index (χ3n) is 2.03. The van der Waals surface area contributed by atoms with E-state index in [0.717, 1.165) is 6.42 Å². The van der Waals surface area contributed by atoms with Crippen molar-refractivity contribution in [3.05, 3.63) is 0 Å². The molecule has 0 saturated heterocycles. The molecule has 1 rings (SSSR count). The minimum absolute atomic E-state index is 0.0126. The number of rotatable bonds is 8. The lowest BCUT2D eigenvalue weighted by Crippen LogP contribution is -2.16. The molecule has 0 unspecified atom stereocenters. The molecule has 0 bridgehead atoms. The molecule has 0 fully saturated rings. The minimum Gasteiger partial charge on any atom is -0.463 e. The van der Waals surface area contributed by atoms with E-state index in [-0.39, 0.29) is 24.3 Å². The van der Waals surface area contributed by atoms with Gasteiger partial charge < -0.3 is 15.4 Å². The second-order valence-electron chi connectivity index (χ2n) is 3.92. The van der Waals surface area contributed by atoms with E-state index in [0.29, 0.717) is 12.6 Å². The van der Waals surface area contributed by atoms with Crippen molar-refractivity contribution in [2.75, 3.05) is 42.8 Å². The van der Waals surface area contributed by atoms with E-state index in [1.54, 1.807) is 7.05 Å². The smallest absolute Gasteiger partial charge is 0.323 e. The van der Waals surface area contributed by atoms with E-state index < -0.39 is 9.84 Å². The van der Waals surface area contributed by atoms with E-state index in [2.05, 4.69) is 25.6 Å². The van der Waals surface area contributed by atoms with Gasteiger partial charge in [0.2, 0.25) is 11.9 Å². The van der Waals surface area contributed by atoms with Gasteiger partial charge >= 0.3 is 6.01 Å². The first kappa shape index (κ1) is 15.4. The molecule has 2 N–H and O–H groups in total. The average molecular weight is 289 g/mol. The predicted octanol–water partition coefficient (Wildman–Crippen LogP) is 0.159. The van der Waals surface area contributed by atoms with Crippen LogP contribution in [0.4, 0.5) is 11.9 Å². The molecule has 1 heterocycles. The number of nitrogens with zero attached hydrogens (tertiary/aromatic N) is 3. The number of anilines is 2. The van der Waals surface area contributed by atoms with Crippen LogP contribution in [0.2, 0.25) is 0 Å². The van der Waals surface area contributed by atoms with Crippen LogP contribution in [0.5, 0.6) is 6.01 Å². The van der Waals surface area contributed by atoms with Crippen molar-refractivity contribution in [2.24, 2.45) is 0 Å². The molecule has 9 heteroatoms. The lowest BCUT2D eigenvalue weighted by Gasteiger charge is -2.08. The standard InChI is InChI=1S/C10H19N5O3S/c1-4-6-18-10-14-8(11-2)13-9(15-10)12-5-7-19(3,16)17/h4-7H2,1-3H3,(H2,11,12,13,14,15). The highest BCUT2D eigenvalue weighted by molar-refractivity contribution is 7.90. The fraction of sp³-hybridized carbons (Fsp3) is 0.700. The van der Waals surface area contributed by atoms with Gasteiger partial charge in [-0.3, -0.25) is 0 Å². The van der Waals surface area contributed by atoms with Crippen molar-refractivity contribution in [1.82, 2.24) is 15.0 Å². The summed E-state index contributed by atoms with van der Waals surface area (Å²) in [5.74, 6) is 0.663. The van der Waals surface area contributed by atoms with Crippen molar-refractivity contribution in [2.45, 2.75) is 13.3 Å². The average Bonchev–Trinajstić information content (AvgIpc) is 2.34. The van der Waals surface area contributed by atoms with Gasteiger partial charge in [-0.05, 0) is 6.42 Å². The summed E-state index contributed by atoms with van der Waals surface area (Å²) in [6.07, 6.45) is 2.02. The summed E-state index contributed by atoms with van der Waals surface area (Å²) < 4.78 is 27.4. The van der Waals surface area contributed by atoms with Gasteiger partial charge in [0, 0.05) is 19.8 Å². The van der Waals surface area contributed by atoms with Crippen LogP contribution >= 0.6 is 0 Å². The monoisotopic (exact) mass is 289 g/mol. The summed E-state index contributed by atoms with van der Waals surface area (Å²) in [5.41, 5.74) is 0. The number of hydrogen-bond acceptors (Lipinski definition) is 8. The first-order chi connectivity index (χ1) is 8.94. The van der Waals surface area contributed by atoms with Gasteiger partial charge in [0.05, 0.1) is 12.4 Å². The Morgan fingerprint density at radius 1 is 1.21 bits per heavy atom. The lowest BCUT2D eigenvalue weighted by atomic mass is 10.5. The predicted molar refractivity (Wildman–Crippen MR) is 73.4 cm³/mol. The van der Waals surface area contributed by atoms with Gasteiger partial charge in [0.25, 0.3) is 0 Å². The fourth-order valence-electron chi connectivity index (χ4n) is 1.15. The number of sulfone groups is 1. The zero-order valence-corrected chi connectivity index (χ0v) is 12.1. The third kappa shape index (κ3) is 6.18. The number of hydrogen-bond donors (Lipinski definition) is 2. The van der Waals surface area contributed by atoms with Crippen molar-refractivity contribution in [3.63, 3.8) is 0 Å². The zero-order valence-electron chi connectivity index (χ0n) is 11.3. The van der Waals surface area contributed by atoms with Gasteiger partial charge in [-0.1, -0.05) is 6.92 Å². The molecule has 0 aliphatic heterocycles. The van der Waals surface area contributed by atoms with Crippen molar-refractivity contribution < 1.29 is 13.2 Å². The molecule has 1 aromatic heterocycles. The molecule has 0 amide bonds. The van der Waals surface area contributed by atoms with E-state index >= 15 is 0 Å². The Hall–Kier alpha value is -1.64. The van der Waals surface area contributed by atoms with Crippen molar-refractivity contribution in [1.29, 1.82) is 0 Å². The van der Waals surface area contributed by atoms with Crippen LogP contribution in [0.15, 0.2) is 0 Å². The molecule has 0 spiro atoms. The SMILES string of the molecule is CCCOc1nc(NC)nc(NCCS(C)(=O)=O)n1. The van der Waals surface area contributed by atoms with E-state index in [9.17, 15) is 8.42 Å². The summed E-state index contributed by atoms with van der Waals surface area (Å²) >= 11 is 0. The second kappa shape index (κ2) is 7.07. The minimum atomic E-state index is -3.01. The Kier molecular flexibility index (Phi) is 5.74. The lowest BCUT2D eigenvalue weighted by molar-refractivity contribution is 0.292. The van der Waals surface area contributed by atoms with Crippen LogP contribution in [0.25, 0.3) is 0 Å². The van der Waals surface area contributed by atoms with Crippen molar-refractivity contribution >= 4 is 21.7 Å². The quantitative estimate of drug-likeness (QED) is 0.697. The molecule has 0 saturated carbocycles. The third-order valence-corrected chi connectivity index (χ3v) is 2.98. The molecular weight excluding hydrogens is 270 g/mol. The molecule has 0 atom stereocenters. The summed E-state index contributed by atoms with van der Waals surface area (Å²) in [5, 5.41) is 5.62. The summed E-state index contributed by atoms with van der Waals surface area (Å²) in [7, 11) is -1.34. The number of aromatic nitrogens is 3. The normalized spacial score (nSPS) is 11.1. The Balaban J connectivity index is 2.70. The van der Waals surface area contributed by atoms with Gasteiger partial charge in [0.1, 0.15) is 9.84 Å². The Labute approximate surface area is 112 Å². The maximum atomic E-state index is 11.0. The van der Waals surface area contributed by atoms with Crippen LogP contribution in [-0.2, 0) is 9.84 Å². The van der Waals surface area contributed by atoms with Crippen LogP contribution in [0.1, 0.15) is 13.3 Å². The first-order valence-corrected chi connectivity index (χ1v) is 7.99. The Morgan fingerprint density at radius 2 is 1.89 bits per heavy atom. The second-order valence-corrected chi connectivity index (χ2v) is 6.18. The van der Waals surface area contributed by atoms with Crippen LogP contribution < -0.4 is 15.4 Å². The van der Waals surface area contributed by atoms with Crippen molar-refractivity contribution in [3.8, 4) is 6.01 Å². The van der Waals surface area contributed by atoms with Crippen LogP contribution in [0, 0.1) is 0 Å². The van der Waals surface area contributed by atoms with Crippen LogP contribution in [0.3, 0.4) is 0 Å². The maximum absolute atomic E-state index is 11.0. The molecule has 19 heavy (non-hydrogen) atoms. The largest absolute Gasteiger partial charge is 0.463 e. The first-order valence-electron chi connectivity index (χ1n) is 5.93. The number of nitrogens with one attached hydrogen (secondary N) is 2. The molecule has 1 aromatic rings. The Morgan fingerprint density at radius 3 is 2.47 bits per heavy atom. The number of ether oxygens (including phenoxy) is 1. The molecule has 108 valence electrons. The molecule has 8 nitrogen and oxygen atoms in total. The molecule has 0 aromatic carbocycles. The topological polar surface area (TPSA) is 106 Å². The van der Waals surface area contributed by atoms with E-state index in [1.165, 1.54) is 6.26 Å². The molecule has 0 aliphatic rings. The van der Waals surface area contributed by atoms with Crippen LogP contribution in [-0.4, -0.2) is 55.6 Å². The zero-order chi connectivity index (χ0) is 14.3. The Bertz CT molecular complexity index is 506. The summed E-state index contributed by atoms with van der Waals surface area (Å²) in [6.45, 7) is 2.72. The fourth-order valence-corrected chi connectivity index (χ4v) is 1.63. The molecule has 0 aliphatic carbocycles. The van der Waals surface area contributed by atoms with E-state index in [1.807, 2.05) is 6.92 Å². The molecular formula is C10H19N5O3S. The highest BCUT2D eigenvalue weighted by Gasteiger charge is 2.07. The van der Waals surface area contributed by atoms with Gasteiger partial charge in [-0.2, -0.15) is 15.0 Å². The molecule has 0 radical (unpaired) electrons. The van der Waals surface area contributed by atoms with Gasteiger partial charge in [-0.25, -0.2) is 8.42 Å².